The minimum Gasteiger partial charge on any atom is -0.368 e. The van der Waals surface area contributed by atoms with Crippen LogP contribution in [0.25, 0.3) is 10.9 Å². The number of benzene rings is 2. The number of nitrogens with one attached hydrogen (secondary N) is 1. The van der Waals surface area contributed by atoms with Gasteiger partial charge in [-0.1, -0.05) is 41.4 Å². The van der Waals surface area contributed by atoms with E-state index in [1.165, 1.54) is 5.69 Å². The number of hydrogen-bond donors (Lipinski definition) is 1. The van der Waals surface area contributed by atoms with Gasteiger partial charge in [-0.25, -0.2) is 0 Å². The van der Waals surface area contributed by atoms with Gasteiger partial charge in [0.1, 0.15) is 5.84 Å². The number of fused-ring (bicyclic) bond motifs is 1. The van der Waals surface area contributed by atoms with Gasteiger partial charge in [0.15, 0.2) is 0 Å². The zero-order valence-electron chi connectivity index (χ0n) is 13.3. The Morgan fingerprint density at radius 1 is 1.17 bits per heavy atom. The third-order valence-electron chi connectivity index (χ3n) is 4.48. The summed E-state index contributed by atoms with van der Waals surface area (Å²) < 4.78 is 2.28. The average molecular weight is 358 g/mol. The predicted octanol–water partition coefficient (Wildman–Crippen LogP) is 4.65. The van der Waals surface area contributed by atoms with Crippen LogP contribution in [0.4, 0.5) is 0 Å². The maximum Gasteiger partial charge on any atom is 0.130 e. The molecule has 0 unspecified atom stereocenters. The number of nitrogens with zero attached hydrogens (tertiary/aromatic N) is 2. The molecule has 2 aromatic carbocycles. The standard InChI is InChI=1S/C19H17Cl2N3/c1-12-18(19-22-8-9-23-19)15-10-14(20)6-7-17(15)24(12)11-13-4-2-3-5-16(13)21/h2-7,10H,8-9,11H2,1H3,(H,22,23). The van der Waals surface area contributed by atoms with Crippen molar-refractivity contribution in [1.29, 1.82) is 0 Å². The monoisotopic (exact) mass is 357 g/mol. The summed E-state index contributed by atoms with van der Waals surface area (Å²) in [4.78, 5) is 4.61. The molecule has 1 aliphatic heterocycles. The van der Waals surface area contributed by atoms with Crippen LogP contribution in [0, 0.1) is 6.92 Å². The van der Waals surface area contributed by atoms with Gasteiger partial charge in [0.05, 0.1) is 6.54 Å². The molecular weight excluding hydrogens is 341 g/mol. The van der Waals surface area contributed by atoms with E-state index in [1.54, 1.807) is 0 Å². The fraction of sp³-hybridized carbons (Fsp3) is 0.211. The quantitative estimate of drug-likeness (QED) is 0.725. The molecule has 0 fully saturated rings. The first-order valence-electron chi connectivity index (χ1n) is 7.95. The number of hydrogen-bond acceptors (Lipinski definition) is 2. The van der Waals surface area contributed by atoms with Crippen LogP contribution in [0.5, 0.6) is 0 Å². The van der Waals surface area contributed by atoms with E-state index in [9.17, 15) is 0 Å². The van der Waals surface area contributed by atoms with Gasteiger partial charge < -0.3 is 9.88 Å². The fourth-order valence-corrected chi connectivity index (χ4v) is 3.69. The van der Waals surface area contributed by atoms with Crippen molar-refractivity contribution in [2.24, 2.45) is 4.99 Å². The largest absolute Gasteiger partial charge is 0.368 e. The van der Waals surface area contributed by atoms with E-state index < -0.39 is 0 Å². The second kappa shape index (κ2) is 6.15. The molecule has 0 atom stereocenters. The van der Waals surface area contributed by atoms with E-state index in [4.69, 9.17) is 23.2 Å². The van der Waals surface area contributed by atoms with E-state index >= 15 is 0 Å². The lowest BCUT2D eigenvalue weighted by atomic mass is 10.1. The summed E-state index contributed by atoms with van der Waals surface area (Å²) in [6.45, 7) is 4.54. The lowest BCUT2D eigenvalue weighted by Gasteiger charge is -2.10. The molecule has 1 aliphatic rings. The molecule has 3 aromatic rings. The summed E-state index contributed by atoms with van der Waals surface area (Å²) >= 11 is 12.6. The van der Waals surface area contributed by atoms with Gasteiger partial charge in [-0.05, 0) is 36.8 Å². The highest BCUT2D eigenvalue weighted by Gasteiger charge is 2.20. The van der Waals surface area contributed by atoms with Gasteiger partial charge in [-0.3, -0.25) is 4.99 Å². The highest BCUT2D eigenvalue weighted by Crippen LogP contribution is 2.31. The summed E-state index contributed by atoms with van der Waals surface area (Å²) in [5.41, 5.74) is 4.54. The van der Waals surface area contributed by atoms with Crippen LogP contribution >= 0.6 is 23.2 Å². The van der Waals surface area contributed by atoms with Crippen LogP contribution < -0.4 is 5.32 Å². The second-order valence-corrected chi connectivity index (χ2v) is 6.80. The minimum absolute atomic E-state index is 0.719. The van der Waals surface area contributed by atoms with E-state index in [-0.39, 0.29) is 0 Å². The summed E-state index contributed by atoms with van der Waals surface area (Å²) in [6, 6.07) is 14.0. The van der Waals surface area contributed by atoms with E-state index in [1.807, 2.05) is 30.3 Å². The Morgan fingerprint density at radius 3 is 2.75 bits per heavy atom. The van der Waals surface area contributed by atoms with Gasteiger partial charge in [0.2, 0.25) is 0 Å². The molecule has 122 valence electrons. The molecule has 0 saturated carbocycles. The molecule has 1 aromatic heterocycles. The van der Waals surface area contributed by atoms with E-state index in [2.05, 4.69) is 33.9 Å². The van der Waals surface area contributed by atoms with Crippen LogP contribution in [-0.2, 0) is 6.54 Å². The Bertz CT molecular complexity index is 957. The first-order valence-corrected chi connectivity index (χ1v) is 8.71. The smallest absolute Gasteiger partial charge is 0.130 e. The first kappa shape index (κ1) is 15.6. The zero-order valence-corrected chi connectivity index (χ0v) is 14.8. The third kappa shape index (κ3) is 2.58. The van der Waals surface area contributed by atoms with Crippen molar-refractivity contribution in [2.45, 2.75) is 13.5 Å². The molecule has 4 rings (SSSR count). The molecule has 24 heavy (non-hydrogen) atoms. The minimum atomic E-state index is 0.719. The Labute approximate surface area is 150 Å². The van der Waals surface area contributed by atoms with E-state index in [0.29, 0.717) is 0 Å². The van der Waals surface area contributed by atoms with Crippen molar-refractivity contribution in [2.75, 3.05) is 13.1 Å². The molecule has 5 heteroatoms. The van der Waals surface area contributed by atoms with Crippen molar-refractivity contribution in [3.05, 3.63) is 69.3 Å². The van der Waals surface area contributed by atoms with Crippen LogP contribution in [0.1, 0.15) is 16.8 Å². The molecule has 1 N–H and O–H groups in total. The summed E-state index contributed by atoms with van der Waals surface area (Å²) in [7, 11) is 0. The van der Waals surface area contributed by atoms with Crippen molar-refractivity contribution in [1.82, 2.24) is 9.88 Å². The molecule has 0 radical (unpaired) electrons. The van der Waals surface area contributed by atoms with Gasteiger partial charge in [-0.15, -0.1) is 0 Å². The van der Waals surface area contributed by atoms with Crippen LogP contribution in [0.3, 0.4) is 0 Å². The lowest BCUT2D eigenvalue weighted by Crippen LogP contribution is -2.20. The molecule has 0 bridgehead atoms. The molecule has 2 heterocycles. The molecule has 0 saturated heterocycles. The zero-order chi connectivity index (χ0) is 16.7. The molecule has 0 spiro atoms. The first-order chi connectivity index (χ1) is 11.6. The van der Waals surface area contributed by atoms with E-state index in [0.717, 1.165) is 57.5 Å². The van der Waals surface area contributed by atoms with Gasteiger partial charge in [0, 0.05) is 45.3 Å². The summed E-state index contributed by atoms with van der Waals surface area (Å²) in [5, 5.41) is 6.02. The van der Waals surface area contributed by atoms with Crippen LogP contribution in [-0.4, -0.2) is 23.5 Å². The maximum absolute atomic E-state index is 6.37. The lowest BCUT2D eigenvalue weighted by molar-refractivity contribution is 0.803. The Kier molecular flexibility index (Phi) is 3.99. The van der Waals surface area contributed by atoms with Crippen molar-refractivity contribution in [3.8, 4) is 0 Å². The fourth-order valence-electron chi connectivity index (χ4n) is 3.32. The second-order valence-electron chi connectivity index (χ2n) is 5.96. The van der Waals surface area contributed by atoms with Gasteiger partial charge in [0.25, 0.3) is 0 Å². The average Bonchev–Trinajstić information content (AvgIpc) is 3.17. The van der Waals surface area contributed by atoms with Crippen LogP contribution in [0.15, 0.2) is 47.5 Å². The number of aromatic nitrogens is 1. The molecular formula is C19H17Cl2N3. The highest BCUT2D eigenvalue weighted by molar-refractivity contribution is 6.32. The molecule has 3 nitrogen and oxygen atoms in total. The molecule has 0 amide bonds. The maximum atomic E-state index is 6.37. The SMILES string of the molecule is Cc1c(C2=NCCN2)c2cc(Cl)ccc2n1Cc1ccccc1Cl. The Morgan fingerprint density at radius 2 is 2.00 bits per heavy atom. The van der Waals surface area contributed by atoms with Crippen molar-refractivity contribution < 1.29 is 0 Å². The number of aliphatic imine (C=N–C) groups is 1. The number of amidine groups is 1. The van der Waals surface area contributed by atoms with Gasteiger partial charge >= 0.3 is 0 Å². The number of halogens is 2. The summed E-state index contributed by atoms with van der Waals surface area (Å²) in [5.74, 6) is 0.956. The van der Waals surface area contributed by atoms with Crippen molar-refractivity contribution in [3.63, 3.8) is 0 Å². The van der Waals surface area contributed by atoms with Crippen LogP contribution in [0.2, 0.25) is 10.0 Å². The number of rotatable bonds is 3. The Balaban J connectivity index is 1.92. The highest BCUT2D eigenvalue weighted by atomic mass is 35.5. The van der Waals surface area contributed by atoms with Crippen molar-refractivity contribution >= 4 is 39.9 Å². The summed E-state index contributed by atoms with van der Waals surface area (Å²) in [6.07, 6.45) is 0. The Hall–Kier alpha value is -1.97. The van der Waals surface area contributed by atoms with Gasteiger partial charge in [-0.2, -0.15) is 0 Å². The molecule has 0 aliphatic carbocycles. The predicted molar refractivity (Wildman–Crippen MR) is 102 cm³/mol. The normalized spacial score (nSPS) is 14.0. The third-order valence-corrected chi connectivity index (χ3v) is 5.09. The topological polar surface area (TPSA) is 29.3 Å².